The lowest BCUT2D eigenvalue weighted by molar-refractivity contribution is 0.836. The molecule has 0 aromatic heterocycles. The molecule has 0 amide bonds. The summed E-state index contributed by atoms with van der Waals surface area (Å²) in [6, 6.07) is 8.38. The summed E-state index contributed by atoms with van der Waals surface area (Å²) in [5, 5.41) is 3.04. The molecule has 0 radical (unpaired) electrons. The Labute approximate surface area is 92.5 Å². The molecule has 0 saturated carbocycles. The predicted molar refractivity (Wildman–Crippen MR) is 68.4 cm³/mol. The van der Waals surface area contributed by atoms with E-state index < -0.39 is 0 Å². The smallest absolute Gasteiger partial charge is 0.0338 e. The molecule has 80 valence electrons. The predicted octanol–water partition coefficient (Wildman–Crippen LogP) is 3.55. The van der Waals surface area contributed by atoms with E-state index in [1.807, 2.05) is 7.05 Å². The van der Waals surface area contributed by atoms with Crippen molar-refractivity contribution in [3.8, 4) is 0 Å². The van der Waals surface area contributed by atoms with Gasteiger partial charge in [0, 0.05) is 12.7 Å². The number of hydrogen-bond acceptors (Lipinski definition) is 1. The molecule has 0 heterocycles. The van der Waals surface area contributed by atoms with Gasteiger partial charge in [-0.25, -0.2) is 0 Å². The highest BCUT2D eigenvalue weighted by Gasteiger charge is 1.95. The maximum Gasteiger partial charge on any atom is 0.0338 e. The van der Waals surface area contributed by atoms with Crippen molar-refractivity contribution in [2.24, 2.45) is 5.92 Å². The van der Waals surface area contributed by atoms with E-state index in [4.69, 9.17) is 0 Å². The highest BCUT2D eigenvalue weighted by molar-refractivity contribution is 5.63. The molecular formula is C14H19N. The Morgan fingerprint density at radius 2 is 1.87 bits per heavy atom. The fraction of sp³-hybridized carbons (Fsp3) is 0.286. The summed E-state index contributed by atoms with van der Waals surface area (Å²) in [5.74, 6) is 0.594. The standard InChI is InChI=1S/C14H19N/c1-11(2)5-6-13-7-9-14(10-8-13)12(3)15-4/h5-11,15H,3H2,1-2,4H3/b6-5+. The molecule has 0 unspecified atom stereocenters. The molecule has 0 saturated heterocycles. The second kappa shape index (κ2) is 5.40. The highest BCUT2D eigenvalue weighted by Crippen LogP contribution is 2.12. The summed E-state index contributed by atoms with van der Waals surface area (Å²) in [4.78, 5) is 0. The Kier molecular flexibility index (Phi) is 4.17. The summed E-state index contributed by atoms with van der Waals surface area (Å²) in [6.07, 6.45) is 4.35. The molecule has 1 heteroatoms. The Balaban J connectivity index is 2.77. The molecule has 0 aliphatic rings. The molecule has 1 aromatic rings. The van der Waals surface area contributed by atoms with Crippen LogP contribution in [0.2, 0.25) is 0 Å². The summed E-state index contributed by atoms with van der Waals surface area (Å²) < 4.78 is 0. The van der Waals surface area contributed by atoms with E-state index in [9.17, 15) is 0 Å². The van der Waals surface area contributed by atoms with Crippen LogP contribution in [-0.4, -0.2) is 7.05 Å². The quantitative estimate of drug-likeness (QED) is 0.785. The van der Waals surface area contributed by atoms with Gasteiger partial charge in [-0.15, -0.1) is 0 Å². The van der Waals surface area contributed by atoms with Crippen molar-refractivity contribution >= 4 is 11.8 Å². The first kappa shape index (κ1) is 11.6. The molecule has 0 aliphatic carbocycles. The van der Waals surface area contributed by atoms with Crippen LogP contribution in [0.1, 0.15) is 25.0 Å². The van der Waals surface area contributed by atoms with Crippen LogP contribution in [0.3, 0.4) is 0 Å². The monoisotopic (exact) mass is 201 g/mol. The van der Waals surface area contributed by atoms with E-state index in [0.717, 1.165) is 11.3 Å². The minimum atomic E-state index is 0.594. The molecule has 0 fully saturated rings. The Bertz CT molecular complexity index is 344. The zero-order valence-electron chi connectivity index (χ0n) is 9.75. The zero-order valence-corrected chi connectivity index (χ0v) is 9.75. The van der Waals surface area contributed by atoms with Crippen LogP contribution in [0.25, 0.3) is 11.8 Å². The first-order valence-corrected chi connectivity index (χ1v) is 5.28. The van der Waals surface area contributed by atoms with Crippen LogP contribution < -0.4 is 5.32 Å². The van der Waals surface area contributed by atoms with Crippen molar-refractivity contribution in [2.45, 2.75) is 13.8 Å². The maximum atomic E-state index is 3.92. The molecule has 0 bridgehead atoms. The van der Waals surface area contributed by atoms with Crippen molar-refractivity contribution in [3.05, 3.63) is 48.0 Å². The summed E-state index contributed by atoms with van der Waals surface area (Å²) in [6.45, 7) is 8.27. The van der Waals surface area contributed by atoms with Gasteiger partial charge < -0.3 is 5.32 Å². The van der Waals surface area contributed by atoms with Gasteiger partial charge in [0.05, 0.1) is 0 Å². The number of rotatable bonds is 4. The molecule has 15 heavy (non-hydrogen) atoms. The first-order chi connectivity index (χ1) is 7.13. The SMILES string of the molecule is C=C(NC)c1ccc(/C=C/C(C)C)cc1. The molecule has 0 aliphatic heterocycles. The Morgan fingerprint density at radius 1 is 1.27 bits per heavy atom. The maximum absolute atomic E-state index is 3.92. The lowest BCUT2D eigenvalue weighted by atomic mass is 10.1. The number of allylic oxidation sites excluding steroid dienone is 1. The fourth-order valence-corrected chi connectivity index (χ4v) is 1.24. The topological polar surface area (TPSA) is 12.0 Å². The second-order valence-electron chi connectivity index (χ2n) is 3.95. The van der Waals surface area contributed by atoms with Gasteiger partial charge in [0.1, 0.15) is 0 Å². The zero-order chi connectivity index (χ0) is 11.3. The van der Waals surface area contributed by atoms with Crippen LogP contribution in [0.4, 0.5) is 0 Å². The van der Waals surface area contributed by atoms with Gasteiger partial charge in [0.15, 0.2) is 0 Å². The molecule has 1 rings (SSSR count). The van der Waals surface area contributed by atoms with Crippen LogP contribution in [-0.2, 0) is 0 Å². The lowest BCUT2D eigenvalue weighted by Gasteiger charge is -2.04. The molecule has 0 atom stereocenters. The van der Waals surface area contributed by atoms with Gasteiger partial charge in [0.25, 0.3) is 0 Å². The van der Waals surface area contributed by atoms with E-state index in [2.05, 4.69) is 62.2 Å². The van der Waals surface area contributed by atoms with Crippen LogP contribution in [0.5, 0.6) is 0 Å². The Morgan fingerprint density at radius 3 is 2.33 bits per heavy atom. The van der Waals surface area contributed by atoms with Crippen LogP contribution in [0, 0.1) is 5.92 Å². The fourth-order valence-electron chi connectivity index (χ4n) is 1.24. The van der Waals surface area contributed by atoms with Gasteiger partial charge in [0.2, 0.25) is 0 Å². The van der Waals surface area contributed by atoms with Gasteiger partial charge in [-0.1, -0.05) is 56.8 Å². The minimum absolute atomic E-state index is 0.594. The third kappa shape index (κ3) is 3.62. The molecule has 1 nitrogen and oxygen atoms in total. The average molecular weight is 201 g/mol. The third-order valence-corrected chi connectivity index (χ3v) is 2.23. The number of benzene rings is 1. The molecular weight excluding hydrogens is 182 g/mol. The number of nitrogens with one attached hydrogen (secondary N) is 1. The van der Waals surface area contributed by atoms with E-state index >= 15 is 0 Å². The van der Waals surface area contributed by atoms with E-state index in [-0.39, 0.29) is 0 Å². The summed E-state index contributed by atoms with van der Waals surface area (Å²) in [5.41, 5.74) is 3.32. The van der Waals surface area contributed by atoms with Gasteiger partial charge in [-0.05, 0) is 17.0 Å². The van der Waals surface area contributed by atoms with Crippen molar-refractivity contribution in [3.63, 3.8) is 0 Å². The van der Waals surface area contributed by atoms with Gasteiger partial charge in [-0.2, -0.15) is 0 Å². The van der Waals surface area contributed by atoms with Crippen molar-refractivity contribution in [2.75, 3.05) is 7.05 Å². The second-order valence-corrected chi connectivity index (χ2v) is 3.95. The minimum Gasteiger partial charge on any atom is -0.388 e. The van der Waals surface area contributed by atoms with Gasteiger partial charge >= 0.3 is 0 Å². The summed E-state index contributed by atoms with van der Waals surface area (Å²) >= 11 is 0. The van der Waals surface area contributed by atoms with E-state index in [1.165, 1.54) is 5.56 Å². The number of hydrogen-bond donors (Lipinski definition) is 1. The van der Waals surface area contributed by atoms with Crippen molar-refractivity contribution in [1.82, 2.24) is 5.32 Å². The molecule has 1 aromatic carbocycles. The highest BCUT2D eigenvalue weighted by atomic mass is 14.8. The van der Waals surface area contributed by atoms with Crippen molar-refractivity contribution in [1.29, 1.82) is 0 Å². The first-order valence-electron chi connectivity index (χ1n) is 5.28. The molecule has 0 spiro atoms. The lowest BCUT2D eigenvalue weighted by Crippen LogP contribution is -2.02. The van der Waals surface area contributed by atoms with E-state index in [1.54, 1.807) is 0 Å². The Hall–Kier alpha value is -1.50. The average Bonchev–Trinajstić information content (AvgIpc) is 2.26. The van der Waals surface area contributed by atoms with Crippen LogP contribution in [0.15, 0.2) is 36.9 Å². The van der Waals surface area contributed by atoms with Crippen LogP contribution >= 0.6 is 0 Å². The van der Waals surface area contributed by atoms with E-state index in [0.29, 0.717) is 5.92 Å². The third-order valence-electron chi connectivity index (χ3n) is 2.23. The van der Waals surface area contributed by atoms with Gasteiger partial charge in [-0.3, -0.25) is 0 Å². The van der Waals surface area contributed by atoms with Crippen molar-refractivity contribution < 1.29 is 0 Å². The molecule has 1 N–H and O–H groups in total. The summed E-state index contributed by atoms with van der Waals surface area (Å²) in [7, 11) is 1.88. The normalized spacial score (nSPS) is 10.9. The largest absolute Gasteiger partial charge is 0.388 e.